The molecule has 0 N–H and O–H groups in total. The average Bonchev–Trinajstić information content (AvgIpc) is 3.16. The van der Waals surface area contributed by atoms with Crippen molar-refractivity contribution >= 4 is 0 Å². The lowest BCUT2D eigenvalue weighted by atomic mass is 9.73. The zero-order chi connectivity index (χ0) is 16.4. The zero-order valence-electron chi connectivity index (χ0n) is 13.5. The molecule has 0 amide bonds. The molecule has 0 bridgehead atoms. The van der Waals surface area contributed by atoms with Crippen LogP contribution in [0.2, 0.25) is 0 Å². The molecular formula is C23H14N2. The van der Waals surface area contributed by atoms with Crippen LogP contribution in [0.15, 0.2) is 85.1 Å². The molecular weight excluding hydrogens is 304 g/mol. The van der Waals surface area contributed by atoms with Gasteiger partial charge in [-0.1, -0.05) is 72.8 Å². The van der Waals surface area contributed by atoms with Crippen LogP contribution in [-0.2, 0) is 5.41 Å². The molecule has 0 saturated carbocycles. The lowest BCUT2D eigenvalue weighted by molar-refractivity contribution is 0.735. The summed E-state index contributed by atoms with van der Waals surface area (Å²) >= 11 is 0. The van der Waals surface area contributed by atoms with E-state index >= 15 is 0 Å². The Bertz CT molecular complexity index is 972. The first kappa shape index (κ1) is 13.1. The van der Waals surface area contributed by atoms with Crippen molar-refractivity contribution in [3.63, 3.8) is 0 Å². The van der Waals surface area contributed by atoms with Crippen LogP contribution in [0.25, 0.3) is 22.3 Å². The molecule has 0 radical (unpaired) electrons. The molecule has 1 aromatic heterocycles. The average molecular weight is 318 g/mol. The Morgan fingerprint density at radius 2 is 1.00 bits per heavy atom. The van der Waals surface area contributed by atoms with Gasteiger partial charge in [-0.25, -0.2) is 0 Å². The summed E-state index contributed by atoms with van der Waals surface area (Å²) in [6.45, 7) is 0. The molecule has 1 spiro atoms. The van der Waals surface area contributed by atoms with Gasteiger partial charge in [0.1, 0.15) is 0 Å². The maximum atomic E-state index is 4.66. The fourth-order valence-corrected chi connectivity index (χ4v) is 4.78. The van der Waals surface area contributed by atoms with E-state index in [1.165, 1.54) is 38.9 Å². The monoisotopic (exact) mass is 318 g/mol. The van der Waals surface area contributed by atoms with Crippen molar-refractivity contribution in [2.45, 2.75) is 5.41 Å². The van der Waals surface area contributed by atoms with E-state index in [9.17, 15) is 0 Å². The van der Waals surface area contributed by atoms with Crippen LogP contribution >= 0.6 is 0 Å². The standard InChI is InChI=1S/C23H14N2/c1-4-10-19-15(7-1)16-8-2-5-11-20(16)23(19)21-12-6-3-9-17(21)18-13-14-24-25-22(18)23/h1-14H. The zero-order valence-corrected chi connectivity index (χ0v) is 13.5. The molecule has 0 aliphatic heterocycles. The number of hydrogen-bond donors (Lipinski definition) is 0. The summed E-state index contributed by atoms with van der Waals surface area (Å²) in [5.74, 6) is 0. The molecule has 0 unspecified atom stereocenters. The second kappa shape index (κ2) is 4.42. The van der Waals surface area contributed by atoms with E-state index in [0.717, 1.165) is 5.69 Å². The van der Waals surface area contributed by atoms with E-state index in [4.69, 9.17) is 0 Å². The number of benzene rings is 3. The summed E-state index contributed by atoms with van der Waals surface area (Å²) in [5, 5.41) is 8.91. The van der Waals surface area contributed by atoms with Gasteiger partial charge in [0.2, 0.25) is 0 Å². The Balaban J connectivity index is 1.89. The van der Waals surface area contributed by atoms with Crippen LogP contribution in [0.4, 0.5) is 0 Å². The van der Waals surface area contributed by atoms with Gasteiger partial charge < -0.3 is 0 Å². The lowest BCUT2D eigenvalue weighted by Crippen LogP contribution is -2.27. The number of rotatable bonds is 0. The molecule has 2 aliphatic carbocycles. The molecule has 1 heterocycles. The highest BCUT2D eigenvalue weighted by Gasteiger charge is 2.52. The molecule has 6 rings (SSSR count). The van der Waals surface area contributed by atoms with E-state index in [1.54, 1.807) is 6.20 Å². The minimum absolute atomic E-state index is 0.354. The minimum Gasteiger partial charge on any atom is -0.159 e. The molecule has 2 aliphatic rings. The topological polar surface area (TPSA) is 25.8 Å². The molecule has 2 heteroatoms. The van der Waals surface area contributed by atoms with E-state index < -0.39 is 0 Å². The quantitative estimate of drug-likeness (QED) is 0.401. The van der Waals surface area contributed by atoms with Gasteiger partial charge >= 0.3 is 0 Å². The van der Waals surface area contributed by atoms with E-state index in [2.05, 4.69) is 89.1 Å². The second-order valence-corrected chi connectivity index (χ2v) is 6.68. The second-order valence-electron chi connectivity index (χ2n) is 6.68. The summed E-state index contributed by atoms with van der Waals surface area (Å²) in [4.78, 5) is 0. The molecule has 0 saturated heterocycles. The van der Waals surface area contributed by atoms with Crippen molar-refractivity contribution in [1.82, 2.24) is 10.2 Å². The number of fused-ring (bicyclic) bond motifs is 10. The summed E-state index contributed by atoms with van der Waals surface area (Å²) in [7, 11) is 0. The Kier molecular flexibility index (Phi) is 2.31. The van der Waals surface area contributed by atoms with Gasteiger partial charge in [-0.3, -0.25) is 0 Å². The van der Waals surface area contributed by atoms with Gasteiger partial charge in [-0.2, -0.15) is 10.2 Å². The van der Waals surface area contributed by atoms with E-state index in [-0.39, 0.29) is 5.41 Å². The maximum absolute atomic E-state index is 4.66. The smallest absolute Gasteiger partial charge is 0.0916 e. The molecule has 116 valence electrons. The predicted molar refractivity (Wildman–Crippen MR) is 98.3 cm³/mol. The van der Waals surface area contributed by atoms with Crippen LogP contribution < -0.4 is 0 Å². The minimum atomic E-state index is -0.354. The maximum Gasteiger partial charge on any atom is 0.0916 e. The van der Waals surface area contributed by atoms with Crippen molar-refractivity contribution in [2.24, 2.45) is 0 Å². The summed E-state index contributed by atoms with van der Waals surface area (Å²) in [6.07, 6.45) is 1.79. The van der Waals surface area contributed by atoms with Crippen LogP contribution in [-0.4, -0.2) is 10.2 Å². The summed E-state index contributed by atoms with van der Waals surface area (Å²) in [5.41, 5.74) is 9.67. The Morgan fingerprint density at radius 3 is 1.56 bits per heavy atom. The third kappa shape index (κ3) is 1.38. The van der Waals surface area contributed by atoms with Gasteiger partial charge in [0.05, 0.1) is 17.3 Å². The summed E-state index contributed by atoms with van der Waals surface area (Å²) in [6, 6.07) is 28.2. The van der Waals surface area contributed by atoms with Crippen molar-refractivity contribution in [3.05, 3.63) is 107 Å². The van der Waals surface area contributed by atoms with Crippen molar-refractivity contribution in [3.8, 4) is 22.3 Å². The third-order valence-corrected chi connectivity index (χ3v) is 5.65. The van der Waals surface area contributed by atoms with Gasteiger partial charge in [0.15, 0.2) is 0 Å². The molecule has 2 nitrogen and oxygen atoms in total. The van der Waals surface area contributed by atoms with Crippen LogP contribution in [0, 0.1) is 0 Å². The van der Waals surface area contributed by atoms with Crippen molar-refractivity contribution < 1.29 is 0 Å². The lowest BCUT2D eigenvalue weighted by Gasteiger charge is -2.28. The highest BCUT2D eigenvalue weighted by molar-refractivity contribution is 5.93. The number of aromatic nitrogens is 2. The fourth-order valence-electron chi connectivity index (χ4n) is 4.78. The summed E-state index contributed by atoms with van der Waals surface area (Å²) < 4.78 is 0. The molecule has 25 heavy (non-hydrogen) atoms. The Hall–Kier alpha value is -3.26. The van der Waals surface area contributed by atoms with Crippen molar-refractivity contribution in [1.29, 1.82) is 0 Å². The van der Waals surface area contributed by atoms with Crippen LogP contribution in [0.3, 0.4) is 0 Å². The first-order valence-corrected chi connectivity index (χ1v) is 8.54. The fraction of sp³-hybridized carbons (Fsp3) is 0.0435. The van der Waals surface area contributed by atoms with Gasteiger partial charge in [-0.05, 0) is 39.4 Å². The predicted octanol–water partition coefficient (Wildman–Crippen LogP) is 4.82. The normalized spacial score (nSPS) is 14.7. The first-order valence-electron chi connectivity index (χ1n) is 8.54. The molecule has 3 aromatic carbocycles. The van der Waals surface area contributed by atoms with Gasteiger partial charge in [0.25, 0.3) is 0 Å². The van der Waals surface area contributed by atoms with Crippen LogP contribution in [0.5, 0.6) is 0 Å². The van der Waals surface area contributed by atoms with Gasteiger partial charge in [0, 0.05) is 5.56 Å². The highest BCUT2D eigenvalue weighted by atomic mass is 15.1. The van der Waals surface area contributed by atoms with E-state index in [1.807, 2.05) is 0 Å². The van der Waals surface area contributed by atoms with E-state index in [0.29, 0.717) is 0 Å². The highest BCUT2D eigenvalue weighted by Crippen LogP contribution is 2.61. The molecule has 4 aromatic rings. The largest absolute Gasteiger partial charge is 0.159 e. The number of hydrogen-bond acceptors (Lipinski definition) is 2. The van der Waals surface area contributed by atoms with Crippen molar-refractivity contribution in [2.75, 3.05) is 0 Å². The third-order valence-electron chi connectivity index (χ3n) is 5.65. The first-order chi connectivity index (χ1) is 12.4. The Morgan fingerprint density at radius 1 is 0.520 bits per heavy atom. The molecule has 0 atom stereocenters. The van der Waals surface area contributed by atoms with Crippen LogP contribution in [0.1, 0.15) is 22.4 Å². The SMILES string of the molecule is c1ccc2c(c1)-c1ccccc1C21c2ccccc2-c2ccnnc21. The molecule has 0 fully saturated rings. The number of nitrogens with zero attached hydrogens (tertiary/aromatic N) is 2. The van der Waals surface area contributed by atoms with Gasteiger partial charge in [-0.15, -0.1) is 0 Å². The Labute approximate surface area is 145 Å².